The number of carbonyl (C=O) groups excluding carboxylic acids is 5. The number of aryl methyl sites for hydroxylation is 1. The topological polar surface area (TPSA) is 128 Å². The van der Waals surface area contributed by atoms with Gasteiger partial charge in [-0.1, -0.05) is 23.7 Å². The second kappa shape index (κ2) is 11.8. The number of anilines is 1. The molecule has 236 valence electrons. The smallest absolute Gasteiger partial charge is 0.412 e. The Morgan fingerprint density at radius 2 is 1.84 bits per heavy atom. The molecule has 3 fully saturated rings. The number of ether oxygens (including phenoxy) is 1. The van der Waals surface area contributed by atoms with Gasteiger partial charge in [-0.3, -0.25) is 34.7 Å². The highest BCUT2D eigenvalue weighted by Gasteiger charge is 2.46. The van der Waals surface area contributed by atoms with Crippen molar-refractivity contribution in [3.05, 3.63) is 63.7 Å². The molecule has 5 aliphatic heterocycles. The first-order chi connectivity index (χ1) is 21.7. The molecule has 2 N–H and O–H groups in total. The van der Waals surface area contributed by atoms with E-state index in [1.54, 1.807) is 17.0 Å². The molecule has 5 amide bonds. The fraction of sp³-hybridized carbons (Fsp3) is 0.485. The van der Waals surface area contributed by atoms with Crippen LogP contribution in [0.25, 0.3) is 0 Å². The Morgan fingerprint density at radius 3 is 2.64 bits per heavy atom. The van der Waals surface area contributed by atoms with Crippen LogP contribution in [-0.2, 0) is 37.7 Å². The molecular weight excluding hydrogens is 598 g/mol. The molecule has 0 radical (unpaired) electrons. The fourth-order valence-electron chi connectivity index (χ4n) is 7.77. The third-order valence-electron chi connectivity index (χ3n) is 10.1. The van der Waals surface area contributed by atoms with Crippen LogP contribution in [0.4, 0.5) is 10.5 Å². The predicted octanol–water partition coefficient (Wildman–Crippen LogP) is 3.58. The van der Waals surface area contributed by atoms with Crippen LogP contribution in [0.1, 0.15) is 72.0 Å². The van der Waals surface area contributed by atoms with Crippen molar-refractivity contribution >= 4 is 47.0 Å². The van der Waals surface area contributed by atoms with Crippen molar-refractivity contribution in [2.75, 3.05) is 31.5 Å². The van der Waals surface area contributed by atoms with Gasteiger partial charge in [0.2, 0.25) is 17.7 Å². The largest absolute Gasteiger partial charge is 0.438 e. The molecule has 0 aliphatic carbocycles. The Morgan fingerprint density at radius 1 is 1.02 bits per heavy atom. The van der Waals surface area contributed by atoms with E-state index in [2.05, 4.69) is 15.5 Å². The minimum absolute atomic E-state index is 0.125. The molecule has 2 atom stereocenters. The normalized spacial score (nSPS) is 24.3. The zero-order chi connectivity index (χ0) is 31.3. The Labute approximate surface area is 266 Å². The number of rotatable bonds is 6. The zero-order valence-corrected chi connectivity index (χ0v) is 25.7. The lowest BCUT2D eigenvalue weighted by atomic mass is 9.82. The van der Waals surface area contributed by atoms with E-state index in [0.29, 0.717) is 55.2 Å². The molecule has 2 aromatic rings. The van der Waals surface area contributed by atoms with Crippen molar-refractivity contribution < 1.29 is 28.7 Å². The second-order valence-corrected chi connectivity index (χ2v) is 13.1. The summed E-state index contributed by atoms with van der Waals surface area (Å²) < 4.78 is 5.84. The molecule has 0 saturated carbocycles. The average molecular weight is 634 g/mol. The summed E-state index contributed by atoms with van der Waals surface area (Å²) in [5.74, 6) is -0.748. The van der Waals surface area contributed by atoms with E-state index in [-0.39, 0.29) is 30.2 Å². The third-order valence-corrected chi connectivity index (χ3v) is 10.3. The number of hydrogen-bond acceptors (Lipinski definition) is 7. The molecular formula is C33H36ClN5O6. The van der Waals surface area contributed by atoms with E-state index in [4.69, 9.17) is 16.3 Å². The number of fused-ring (bicyclic) bond motifs is 3. The summed E-state index contributed by atoms with van der Waals surface area (Å²) >= 11 is 6.28. The van der Waals surface area contributed by atoms with E-state index in [0.717, 1.165) is 55.5 Å². The van der Waals surface area contributed by atoms with Crippen LogP contribution in [0.5, 0.6) is 0 Å². The van der Waals surface area contributed by atoms with Crippen LogP contribution < -0.4 is 10.6 Å². The van der Waals surface area contributed by atoms with Crippen molar-refractivity contribution in [1.29, 1.82) is 0 Å². The summed E-state index contributed by atoms with van der Waals surface area (Å²) in [4.78, 5) is 69.1. The molecule has 2 unspecified atom stereocenters. The van der Waals surface area contributed by atoms with E-state index in [1.807, 2.05) is 29.2 Å². The predicted molar refractivity (Wildman–Crippen MR) is 164 cm³/mol. The van der Waals surface area contributed by atoms with Crippen LogP contribution >= 0.6 is 11.6 Å². The molecule has 1 spiro atoms. The number of piperidine rings is 2. The van der Waals surface area contributed by atoms with E-state index >= 15 is 0 Å². The molecule has 7 rings (SSSR count). The van der Waals surface area contributed by atoms with Crippen molar-refractivity contribution in [3.8, 4) is 0 Å². The molecule has 12 heteroatoms. The average Bonchev–Trinajstić information content (AvgIpc) is 3.62. The number of halogens is 1. The highest BCUT2D eigenvalue weighted by Crippen LogP contribution is 2.44. The molecule has 11 nitrogen and oxygen atoms in total. The van der Waals surface area contributed by atoms with Gasteiger partial charge in [0.05, 0.1) is 11.7 Å². The Kier molecular flexibility index (Phi) is 7.77. The van der Waals surface area contributed by atoms with Crippen LogP contribution in [0.15, 0.2) is 36.4 Å². The number of nitrogens with zero attached hydrogens (tertiary/aromatic N) is 3. The van der Waals surface area contributed by atoms with Crippen molar-refractivity contribution in [2.45, 2.75) is 75.6 Å². The van der Waals surface area contributed by atoms with Gasteiger partial charge in [0.1, 0.15) is 11.6 Å². The van der Waals surface area contributed by atoms with Gasteiger partial charge in [0, 0.05) is 55.0 Å². The maximum absolute atomic E-state index is 13.7. The SMILES string of the molecule is O=C1CCC(N2Cc3c(CCCN4CCCC4C(=O)N4CCC5(CC4)OC(=O)Nc4ccc(Cl)cc45)cccc3C2=O)C(=O)N1. The van der Waals surface area contributed by atoms with Gasteiger partial charge >= 0.3 is 6.09 Å². The molecule has 3 saturated heterocycles. The molecule has 5 aliphatic rings. The summed E-state index contributed by atoms with van der Waals surface area (Å²) in [6, 6.07) is 10.3. The highest BCUT2D eigenvalue weighted by atomic mass is 35.5. The zero-order valence-electron chi connectivity index (χ0n) is 25.0. The van der Waals surface area contributed by atoms with Crippen LogP contribution in [0, 0.1) is 0 Å². The van der Waals surface area contributed by atoms with Gasteiger partial charge in [0.15, 0.2) is 0 Å². The third kappa shape index (κ3) is 5.46. The van der Waals surface area contributed by atoms with E-state index < -0.39 is 23.6 Å². The number of amides is 5. The Hall–Kier alpha value is -3.96. The molecule has 0 bridgehead atoms. The van der Waals surface area contributed by atoms with E-state index in [1.165, 1.54) is 0 Å². The standard InChI is InChI=1S/C33H36ClN5O6/c34-21-8-9-25-24(18-21)33(45-32(44)35-25)12-16-38(17-13-33)31(43)27-7-3-15-37(27)14-2-5-20-4-1-6-22-23(20)19-39(30(22)42)26-10-11-28(40)36-29(26)41/h1,4,6,8-9,18,26-27H,2-3,5,7,10-17,19H2,(H,35,44)(H,36,40,41). The molecule has 0 aromatic heterocycles. The van der Waals surface area contributed by atoms with Crippen LogP contribution in [0.2, 0.25) is 5.02 Å². The first-order valence-electron chi connectivity index (χ1n) is 15.8. The van der Waals surface area contributed by atoms with Gasteiger partial charge < -0.3 is 14.5 Å². The fourth-order valence-corrected chi connectivity index (χ4v) is 7.94. The number of hydrogen-bond donors (Lipinski definition) is 2. The Bertz CT molecular complexity index is 1590. The van der Waals surface area contributed by atoms with Crippen LogP contribution in [-0.4, -0.2) is 82.7 Å². The highest BCUT2D eigenvalue weighted by molar-refractivity contribution is 6.30. The van der Waals surface area contributed by atoms with Gasteiger partial charge in [0.25, 0.3) is 5.91 Å². The lowest BCUT2D eigenvalue weighted by molar-refractivity contribution is -0.141. The van der Waals surface area contributed by atoms with Crippen molar-refractivity contribution in [3.63, 3.8) is 0 Å². The van der Waals surface area contributed by atoms with Crippen molar-refractivity contribution in [1.82, 2.24) is 20.0 Å². The lowest BCUT2D eigenvalue weighted by Crippen LogP contribution is -2.53. The number of nitrogens with one attached hydrogen (secondary N) is 2. The number of benzene rings is 2. The first kappa shape index (κ1) is 29.7. The molecule has 5 heterocycles. The second-order valence-electron chi connectivity index (χ2n) is 12.7. The summed E-state index contributed by atoms with van der Waals surface area (Å²) in [6.07, 6.45) is 4.47. The van der Waals surface area contributed by atoms with Gasteiger partial charge in [-0.25, -0.2) is 4.79 Å². The summed E-state index contributed by atoms with van der Waals surface area (Å²) in [7, 11) is 0. The summed E-state index contributed by atoms with van der Waals surface area (Å²) in [6.45, 7) is 2.97. The minimum Gasteiger partial charge on any atom is -0.438 e. The van der Waals surface area contributed by atoms with Crippen LogP contribution in [0.3, 0.4) is 0 Å². The number of likely N-dealkylation sites (tertiary alicyclic amines) is 2. The first-order valence-corrected chi connectivity index (χ1v) is 16.2. The maximum atomic E-state index is 13.7. The Balaban J connectivity index is 0.961. The number of imide groups is 1. The molecule has 2 aromatic carbocycles. The van der Waals surface area contributed by atoms with E-state index in [9.17, 15) is 24.0 Å². The van der Waals surface area contributed by atoms with Gasteiger partial charge in [-0.15, -0.1) is 0 Å². The molecule has 45 heavy (non-hydrogen) atoms. The van der Waals surface area contributed by atoms with Gasteiger partial charge in [-0.2, -0.15) is 0 Å². The monoisotopic (exact) mass is 633 g/mol. The number of carbonyl (C=O) groups is 5. The summed E-state index contributed by atoms with van der Waals surface area (Å²) in [5, 5.41) is 5.69. The lowest BCUT2D eigenvalue weighted by Gasteiger charge is -2.45. The maximum Gasteiger partial charge on any atom is 0.412 e. The van der Waals surface area contributed by atoms with Crippen molar-refractivity contribution in [2.24, 2.45) is 0 Å². The minimum atomic E-state index is -0.792. The quantitative estimate of drug-likeness (QED) is 0.466. The summed E-state index contributed by atoms with van der Waals surface area (Å²) in [5.41, 5.74) is 3.42. The van der Waals surface area contributed by atoms with Gasteiger partial charge in [-0.05, 0) is 80.6 Å².